The molecule has 2 saturated heterocycles. The monoisotopic (exact) mass is 498 g/mol. The number of benzene rings is 2. The van der Waals surface area contributed by atoms with Gasteiger partial charge >= 0.3 is 0 Å². The van der Waals surface area contributed by atoms with E-state index in [1.165, 1.54) is 0 Å². The van der Waals surface area contributed by atoms with Crippen LogP contribution in [0.3, 0.4) is 0 Å². The maximum Gasteiger partial charge on any atom is 0.238 e. The molecule has 2 aromatic carbocycles. The smallest absolute Gasteiger partial charge is 0.238 e. The minimum atomic E-state index is -0.384. The molecule has 0 aliphatic carbocycles. The third-order valence-corrected chi connectivity index (χ3v) is 6.84. The predicted molar refractivity (Wildman–Crippen MR) is 131 cm³/mol. The molecule has 1 atom stereocenters. The van der Waals surface area contributed by atoms with Gasteiger partial charge in [0.15, 0.2) is 11.5 Å². The number of carbonyl (C=O) groups is 3. The van der Waals surface area contributed by atoms with Crippen LogP contribution >= 0.6 is 11.6 Å². The van der Waals surface area contributed by atoms with Gasteiger partial charge in [-0.25, -0.2) is 0 Å². The molecule has 35 heavy (non-hydrogen) atoms. The van der Waals surface area contributed by atoms with Gasteiger partial charge in [0.2, 0.25) is 17.7 Å². The van der Waals surface area contributed by atoms with Crippen molar-refractivity contribution in [2.24, 2.45) is 5.92 Å². The van der Waals surface area contributed by atoms with Gasteiger partial charge in [0.05, 0.1) is 23.2 Å². The number of rotatable bonds is 5. The fraction of sp³-hybridized carbons (Fsp3) is 0.400. The summed E-state index contributed by atoms with van der Waals surface area (Å²) in [5.41, 5.74) is 1.30. The van der Waals surface area contributed by atoms with Crippen LogP contribution in [0.4, 0.5) is 11.4 Å². The van der Waals surface area contributed by atoms with Gasteiger partial charge in [0, 0.05) is 50.9 Å². The standard InChI is InChI=1S/C25H27ClN4O5/c26-19-3-1-2-4-20(19)27-23(31)16-28-7-9-29(10-8-28)25(33)17-13-24(32)30(15-17)18-5-6-21-22(14-18)35-12-11-34-21/h1-6,14,17H,7-13,15-16H2,(H,27,31)/t17-/m0/s1. The lowest BCUT2D eigenvalue weighted by Gasteiger charge is -2.35. The van der Waals surface area contributed by atoms with Gasteiger partial charge in [-0.05, 0) is 24.3 Å². The number of hydrogen-bond donors (Lipinski definition) is 1. The number of fused-ring (bicyclic) bond motifs is 1. The first-order valence-electron chi connectivity index (χ1n) is 11.7. The summed E-state index contributed by atoms with van der Waals surface area (Å²) >= 11 is 6.11. The number of ether oxygens (including phenoxy) is 2. The number of para-hydroxylation sites is 1. The Morgan fingerprint density at radius 2 is 1.74 bits per heavy atom. The van der Waals surface area contributed by atoms with Crippen molar-refractivity contribution in [3.8, 4) is 11.5 Å². The zero-order valence-corrected chi connectivity index (χ0v) is 20.0. The van der Waals surface area contributed by atoms with E-state index in [9.17, 15) is 14.4 Å². The molecule has 0 saturated carbocycles. The molecular formula is C25H27ClN4O5. The Kier molecular flexibility index (Phi) is 6.79. The quantitative estimate of drug-likeness (QED) is 0.680. The highest BCUT2D eigenvalue weighted by molar-refractivity contribution is 6.33. The minimum absolute atomic E-state index is 0.0152. The van der Waals surface area contributed by atoms with Crippen molar-refractivity contribution in [1.29, 1.82) is 0 Å². The van der Waals surface area contributed by atoms with Gasteiger partial charge in [0.25, 0.3) is 0 Å². The number of nitrogens with one attached hydrogen (secondary N) is 1. The Hall–Kier alpha value is -3.30. The Labute approximate surface area is 208 Å². The van der Waals surface area contributed by atoms with Crippen LogP contribution in [0.1, 0.15) is 6.42 Å². The third-order valence-electron chi connectivity index (χ3n) is 6.51. The second-order valence-corrected chi connectivity index (χ2v) is 9.27. The van der Waals surface area contributed by atoms with E-state index < -0.39 is 0 Å². The van der Waals surface area contributed by atoms with E-state index in [-0.39, 0.29) is 36.6 Å². The van der Waals surface area contributed by atoms with Crippen LogP contribution in [-0.4, -0.2) is 80.0 Å². The van der Waals surface area contributed by atoms with E-state index in [0.29, 0.717) is 73.8 Å². The van der Waals surface area contributed by atoms with Gasteiger partial charge in [-0.1, -0.05) is 23.7 Å². The SMILES string of the molecule is O=C(CN1CCN(C(=O)[C@H]2CC(=O)N(c3ccc4c(c3)OCCO4)C2)CC1)Nc1ccccc1Cl. The number of carbonyl (C=O) groups excluding carboxylic acids is 3. The summed E-state index contributed by atoms with van der Waals surface area (Å²) in [6.45, 7) is 3.77. The number of piperazine rings is 1. The Morgan fingerprint density at radius 1 is 1.00 bits per heavy atom. The summed E-state index contributed by atoms with van der Waals surface area (Å²) in [4.78, 5) is 43.7. The van der Waals surface area contributed by atoms with E-state index >= 15 is 0 Å². The minimum Gasteiger partial charge on any atom is -0.486 e. The summed E-state index contributed by atoms with van der Waals surface area (Å²) < 4.78 is 11.2. The normalized spacial score (nSPS) is 20.1. The van der Waals surface area contributed by atoms with Crippen LogP contribution < -0.4 is 19.7 Å². The van der Waals surface area contributed by atoms with Crippen LogP contribution in [-0.2, 0) is 14.4 Å². The van der Waals surface area contributed by atoms with E-state index in [2.05, 4.69) is 5.32 Å². The molecule has 0 unspecified atom stereocenters. The van der Waals surface area contributed by atoms with Crippen LogP contribution in [0.15, 0.2) is 42.5 Å². The average molecular weight is 499 g/mol. The van der Waals surface area contributed by atoms with Crippen LogP contribution in [0, 0.1) is 5.92 Å². The van der Waals surface area contributed by atoms with Crippen LogP contribution in [0.2, 0.25) is 5.02 Å². The molecule has 1 N–H and O–H groups in total. The summed E-state index contributed by atoms with van der Waals surface area (Å²) in [5.74, 6) is 0.664. The van der Waals surface area contributed by atoms with Crippen LogP contribution in [0.5, 0.6) is 11.5 Å². The molecule has 184 valence electrons. The van der Waals surface area contributed by atoms with E-state index in [4.69, 9.17) is 21.1 Å². The van der Waals surface area contributed by atoms with E-state index in [0.717, 1.165) is 0 Å². The molecule has 2 aromatic rings. The zero-order chi connectivity index (χ0) is 24.4. The van der Waals surface area contributed by atoms with Crippen molar-refractivity contribution < 1.29 is 23.9 Å². The highest BCUT2D eigenvalue weighted by Crippen LogP contribution is 2.36. The lowest BCUT2D eigenvalue weighted by Crippen LogP contribution is -2.52. The second kappa shape index (κ2) is 10.1. The van der Waals surface area contributed by atoms with E-state index in [1.54, 1.807) is 34.1 Å². The van der Waals surface area contributed by atoms with E-state index in [1.807, 2.05) is 23.1 Å². The molecule has 3 aliphatic heterocycles. The van der Waals surface area contributed by atoms with Crippen molar-refractivity contribution in [2.75, 3.05) is 62.7 Å². The highest BCUT2D eigenvalue weighted by atomic mass is 35.5. The molecule has 3 heterocycles. The van der Waals surface area contributed by atoms with Crippen molar-refractivity contribution in [1.82, 2.24) is 9.80 Å². The highest BCUT2D eigenvalue weighted by Gasteiger charge is 2.38. The molecule has 10 heteroatoms. The number of halogens is 1. The summed E-state index contributed by atoms with van der Waals surface area (Å²) in [6.07, 6.45) is 0.188. The topological polar surface area (TPSA) is 91.4 Å². The molecular weight excluding hydrogens is 472 g/mol. The lowest BCUT2D eigenvalue weighted by molar-refractivity contribution is -0.137. The molecule has 5 rings (SSSR count). The largest absolute Gasteiger partial charge is 0.486 e. The van der Waals surface area contributed by atoms with Crippen molar-refractivity contribution in [3.05, 3.63) is 47.5 Å². The molecule has 0 bridgehead atoms. The van der Waals surface area contributed by atoms with Gasteiger partial charge < -0.3 is 24.6 Å². The first-order chi connectivity index (χ1) is 17.0. The Bertz CT molecular complexity index is 1130. The number of anilines is 2. The van der Waals surface area contributed by atoms with Crippen molar-refractivity contribution in [3.63, 3.8) is 0 Å². The first kappa shape index (κ1) is 23.4. The molecule has 3 amide bonds. The van der Waals surface area contributed by atoms with Crippen molar-refractivity contribution >= 4 is 40.7 Å². The first-order valence-corrected chi connectivity index (χ1v) is 12.1. The van der Waals surface area contributed by atoms with Gasteiger partial charge in [-0.15, -0.1) is 0 Å². The third kappa shape index (κ3) is 5.21. The van der Waals surface area contributed by atoms with Gasteiger partial charge in [0.1, 0.15) is 13.2 Å². The predicted octanol–water partition coefficient (Wildman–Crippen LogP) is 2.25. The maximum absolute atomic E-state index is 13.2. The molecule has 3 aliphatic rings. The van der Waals surface area contributed by atoms with Gasteiger partial charge in [-0.2, -0.15) is 0 Å². The van der Waals surface area contributed by atoms with Gasteiger partial charge in [-0.3, -0.25) is 19.3 Å². The maximum atomic E-state index is 13.2. The fourth-order valence-corrected chi connectivity index (χ4v) is 4.85. The van der Waals surface area contributed by atoms with Crippen LogP contribution in [0.25, 0.3) is 0 Å². The zero-order valence-electron chi connectivity index (χ0n) is 19.2. The molecule has 0 spiro atoms. The lowest BCUT2D eigenvalue weighted by atomic mass is 10.1. The molecule has 2 fully saturated rings. The summed E-state index contributed by atoms with van der Waals surface area (Å²) in [7, 11) is 0. The summed E-state index contributed by atoms with van der Waals surface area (Å²) in [6, 6.07) is 12.5. The summed E-state index contributed by atoms with van der Waals surface area (Å²) in [5, 5.41) is 3.32. The Morgan fingerprint density at radius 3 is 2.51 bits per heavy atom. The molecule has 0 aromatic heterocycles. The second-order valence-electron chi connectivity index (χ2n) is 8.86. The number of nitrogens with zero attached hydrogens (tertiary/aromatic N) is 3. The number of amides is 3. The number of hydrogen-bond acceptors (Lipinski definition) is 6. The fourth-order valence-electron chi connectivity index (χ4n) is 4.66. The molecule has 9 nitrogen and oxygen atoms in total. The Balaban J connectivity index is 1.12. The van der Waals surface area contributed by atoms with Crippen molar-refractivity contribution in [2.45, 2.75) is 6.42 Å². The average Bonchev–Trinajstić information content (AvgIpc) is 3.26. The molecule has 0 radical (unpaired) electrons.